The van der Waals surface area contributed by atoms with Crippen molar-refractivity contribution >= 4 is 56.9 Å². The molecular weight excluding hydrogens is 399 g/mol. The van der Waals surface area contributed by atoms with E-state index in [2.05, 4.69) is 127 Å². The zero-order chi connectivity index (χ0) is 21.9. The van der Waals surface area contributed by atoms with Gasteiger partial charge in [-0.1, -0.05) is 66.1 Å². The van der Waals surface area contributed by atoms with Crippen LogP contribution < -0.4 is 5.46 Å². The highest BCUT2D eigenvalue weighted by molar-refractivity contribution is 6.33. The second-order valence-corrected chi connectivity index (χ2v) is 8.85. The Morgan fingerprint density at radius 2 is 1.15 bits per heavy atom. The largest absolute Gasteiger partial charge is 0.355 e. The Hall–Kier alpha value is -4.24. The van der Waals surface area contributed by atoms with Crippen molar-refractivity contribution in [2.24, 2.45) is 0 Å². The number of H-pyrrole nitrogens is 1. The first kappa shape index (κ1) is 18.3. The molecule has 0 aliphatic rings. The molecule has 5 aromatic carbocycles. The third kappa shape index (κ3) is 2.76. The number of rotatable bonds is 2. The minimum absolute atomic E-state index is 1.18. The molecule has 1 N–H and O–H groups in total. The second-order valence-electron chi connectivity index (χ2n) is 8.85. The summed E-state index contributed by atoms with van der Waals surface area (Å²) in [7, 11) is 2.15. The van der Waals surface area contributed by atoms with Crippen molar-refractivity contribution in [1.29, 1.82) is 0 Å². The van der Waals surface area contributed by atoms with E-state index in [1.807, 2.05) is 0 Å². The molecule has 0 saturated carbocycles. The van der Waals surface area contributed by atoms with Crippen LogP contribution in [0.1, 0.15) is 0 Å². The minimum atomic E-state index is 1.18. The minimum Gasteiger partial charge on any atom is -0.355 e. The molecule has 33 heavy (non-hydrogen) atoms. The zero-order valence-electron chi connectivity index (χ0n) is 18.3. The number of aromatic nitrogens is 2. The molecule has 7 aromatic rings. The van der Waals surface area contributed by atoms with E-state index in [9.17, 15) is 0 Å². The summed E-state index contributed by atoms with van der Waals surface area (Å²) in [6.45, 7) is 0. The van der Waals surface area contributed by atoms with Gasteiger partial charge in [-0.2, -0.15) is 0 Å². The van der Waals surface area contributed by atoms with E-state index in [0.717, 1.165) is 0 Å². The van der Waals surface area contributed by atoms with E-state index in [1.54, 1.807) is 0 Å². The molecule has 2 nitrogen and oxygen atoms in total. The summed E-state index contributed by atoms with van der Waals surface area (Å²) in [4.78, 5) is 3.56. The van der Waals surface area contributed by atoms with Gasteiger partial charge in [-0.05, 0) is 59.7 Å². The number of nitrogens with zero attached hydrogens (tertiary/aromatic N) is 1. The molecule has 0 saturated heterocycles. The van der Waals surface area contributed by atoms with Crippen LogP contribution in [0.3, 0.4) is 0 Å². The van der Waals surface area contributed by atoms with Crippen molar-refractivity contribution in [1.82, 2.24) is 9.55 Å². The molecule has 3 heteroatoms. The SMILES string of the molecule is Bc1ccc2[nH]c3ccc(-c4ccc5c(c4)c4ccccc4n5-c4ccccc4)cc3c2c1. The molecule has 0 unspecified atom stereocenters. The predicted octanol–water partition coefficient (Wildman–Crippen LogP) is 6.34. The molecule has 0 bridgehead atoms. The lowest BCUT2D eigenvalue weighted by molar-refractivity contribution is 1.18. The Balaban J connectivity index is 1.48. The average molecular weight is 420 g/mol. The van der Waals surface area contributed by atoms with E-state index in [4.69, 9.17) is 0 Å². The number of fused-ring (bicyclic) bond motifs is 6. The van der Waals surface area contributed by atoms with Gasteiger partial charge in [0.25, 0.3) is 0 Å². The summed E-state index contributed by atoms with van der Waals surface area (Å²) in [6, 6.07) is 39.5. The van der Waals surface area contributed by atoms with Gasteiger partial charge in [0.2, 0.25) is 0 Å². The molecule has 7 rings (SSSR count). The van der Waals surface area contributed by atoms with Crippen molar-refractivity contribution in [3.63, 3.8) is 0 Å². The molecule has 0 amide bonds. The van der Waals surface area contributed by atoms with Crippen molar-refractivity contribution < 1.29 is 0 Å². The maximum atomic E-state index is 3.56. The average Bonchev–Trinajstić information content (AvgIpc) is 3.39. The van der Waals surface area contributed by atoms with Crippen molar-refractivity contribution in [2.75, 3.05) is 0 Å². The van der Waals surface area contributed by atoms with Crippen molar-refractivity contribution in [3.05, 3.63) is 109 Å². The lowest BCUT2D eigenvalue weighted by Crippen LogP contribution is -1.98. The van der Waals surface area contributed by atoms with Gasteiger partial charge >= 0.3 is 0 Å². The molecule has 0 fully saturated rings. The summed E-state index contributed by atoms with van der Waals surface area (Å²) in [5.41, 5.74) is 9.78. The Kier molecular flexibility index (Phi) is 3.83. The first-order chi connectivity index (χ1) is 16.3. The molecule has 2 heterocycles. The number of benzene rings is 5. The van der Waals surface area contributed by atoms with Gasteiger partial charge in [-0.3, -0.25) is 0 Å². The molecule has 154 valence electrons. The summed E-state index contributed by atoms with van der Waals surface area (Å²) in [6.07, 6.45) is 0. The molecular formula is C30H21BN2. The molecule has 0 radical (unpaired) electrons. The quantitative estimate of drug-likeness (QED) is 0.315. The van der Waals surface area contributed by atoms with Crippen LogP contribution >= 0.6 is 0 Å². The van der Waals surface area contributed by atoms with Gasteiger partial charge in [0, 0.05) is 38.3 Å². The van der Waals surface area contributed by atoms with Crippen LogP contribution in [-0.2, 0) is 0 Å². The Morgan fingerprint density at radius 3 is 2.00 bits per heavy atom. The van der Waals surface area contributed by atoms with Crippen LogP contribution in [0, 0.1) is 0 Å². The van der Waals surface area contributed by atoms with Gasteiger partial charge in [-0.25, -0.2) is 0 Å². The van der Waals surface area contributed by atoms with E-state index < -0.39 is 0 Å². The van der Waals surface area contributed by atoms with Crippen LogP contribution in [-0.4, -0.2) is 17.4 Å². The molecule has 0 spiro atoms. The number of para-hydroxylation sites is 2. The molecule has 2 aromatic heterocycles. The third-order valence-electron chi connectivity index (χ3n) is 6.77. The molecule has 0 aliphatic heterocycles. The molecule has 0 atom stereocenters. The van der Waals surface area contributed by atoms with Crippen LogP contribution in [0.2, 0.25) is 0 Å². The number of nitrogens with one attached hydrogen (secondary N) is 1. The fraction of sp³-hybridized carbons (Fsp3) is 0. The predicted molar refractivity (Wildman–Crippen MR) is 144 cm³/mol. The highest BCUT2D eigenvalue weighted by Gasteiger charge is 2.13. The highest BCUT2D eigenvalue weighted by atomic mass is 15.0. The van der Waals surface area contributed by atoms with E-state index >= 15 is 0 Å². The molecule has 0 aliphatic carbocycles. The Labute approximate surface area is 192 Å². The topological polar surface area (TPSA) is 20.7 Å². The fourth-order valence-corrected chi connectivity index (χ4v) is 5.20. The van der Waals surface area contributed by atoms with Crippen LogP contribution in [0.4, 0.5) is 0 Å². The van der Waals surface area contributed by atoms with Gasteiger partial charge in [0.05, 0.1) is 11.0 Å². The monoisotopic (exact) mass is 420 g/mol. The standard InChI is InChI=1S/C30H21BN2/c31-21-12-14-28-25(18-21)24-16-19(10-13-27(24)32-28)20-11-15-30-26(17-20)23-8-4-5-9-29(23)33(30)22-6-2-1-3-7-22/h1-18,32H,31H2. The summed E-state index contributed by atoms with van der Waals surface area (Å²) >= 11 is 0. The summed E-state index contributed by atoms with van der Waals surface area (Å²) in [5, 5.41) is 5.12. The first-order valence-electron chi connectivity index (χ1n) is 11.4. The smallest absolute Gasteiger partial charge is 0.139 e. The van der Waals surface area contributed by atoms with Crippen LogP contribution in [0.15, 0.2) is 109 Å². The van der Waals surface area contributed by atoms with Crippen molar-refractivity contribution in [3.8, 4) is 16.8 Å². The summed E-state index contributed by atoms with van der Waals surface area (Å²) in [5.74, 6) is 0. The van der Waals surface area contributed by atoms with Crippen LogP contribution in [0.5, 0.6) is 0 Å². The van der Waals surface area contributed by atoms with Gasteiger partial charge in [0.1, 0.15) is 7.85 Å². The maximum absolute atomic E-state index is 3.56. The number of hydrogen-bond acceptors (Lipinski definition) is 0. The van der Waals surface area contributed by atoms with E-state index in [1.165, 1.54) is 65.9 Å². The van der Waals surface area contributed by atoms with Gasteiger partial charge in [0.15, 0.2) is 0 Å². The Morgan fingerprint density at radius 1 is 0.515 bits per heavy atom. The number of hydrogen-bond donors (Lipinski definition) is 1. The van der Waals surface area contributed by atoms with Crippen molar-refractivity contribution in [2.45, 2.75) is 0 Å². The normalized spacial score (nSPS) is 11.8. The summed E-state index contributed by atoms with van der Waals surface area (Å²) < 4.78 is 2.36. The first-order valence-corrected chi connectivity index (χ1v) is 11.4. The lowest BCUT2D eigenvalue weighted by atomic mass is 9.94. The zero-order valence-corrected chi connectivity index (χ0v) is 18.3. The van der Waals surface area contributed by atoms with E-state index in [0.29, 0.717) is 0 Å². The Bertz CT molecular complexity index is 1820. The lowest BCUT2D eigenvalue weighted by Gasteiger charge is -2.08. The van der Waals surface area contributed by atoms with Gasteiger partial charge in [-0.15, -0.1) is 0 Å². The van der Waals surface area contributed by atoms with E-state index in [-0.39, 0.29) is 0 Å². The second kappa shape index (κ2) is 6.88. The maximum Gasteiger partial charge on any atom is 0.139 e. The number of aromatic amines is 1. The fourth-order valence-electron chi connectivity index (χ4n) is 5.20. The van der Waals surface area contributed by atoms with Gasteiger partial charge < -0.3 is 9.55 Å². The van der Waals surface area contributed by atoms with Crippen LogP contribution in [0.25, 0.3) is 60.4 Å². The third-order valence-corrected chi connectivity index (χ3v) is 6.77. The highest BCUT2D eigenvalue weighted by Crippen LogP contribution is 2.36.